The number of anilines is 2. The Morgan fingerprint density at radius 2 is 1.13 bits per heavy atom. The summed E-state index contributed by atoms with van der Waals surface area (Å²) in [6, 6.07) is 22.2. The van der Waals surface area contributed by atoms with E-state index in [1.54, 1.807) is 3.58 Å². The van der Waals surface area contributed by atoms with E-state index < -0.39 is 18.4 Å². The molecule has 0 spiro atoms. The Bertz CT molecular complexity index is 1160. The van der Waals surface area contributed by atoms with Gasteiger partial charge in [-0.2, -0.15) is 0 Å². The molecule has 0 unspecified atom stereocenters. The third-order valence-corrected chi connectivity index (χ3v) is 11.6. The second-order valence-corrected chi connectivity index (χ2v) is 23.9. The first-order chi connectivity index (χ1) is 14.1. The van der Waals surface area contributed by atoms with Crippen LogP contribution in [0.1, 0.15) is 0 Å². The molecule has 4 rings (SSSR count). The maximum absolute atomic E-state index is 4.97. The van der Waals surface area contributed by atoms with Crippen molar-refractivity contribution >= 4 is 55.4 Å². The standard InChI is InChI=1S/C22H22N4.3CH3.Sn/c1-24(2)17-10-12-19-21(14-17)26(16-8-6-5-7-9-16)22-15-18(25(3)4)11-13-20(22)23-19;;;;/h6-15H,1-4H3;3*1H3;/q+1;;;;. The number of nitrogens with zero attached hydrogens (tertiary/aromatic N) is 4. The molecule has 3 aromatic carbocycles. The fourth-order valence-electron chi connectivity index (χ4n) is 3.78. The van der Waals surface area contributed by atoms with Crippen molar-refractivity contribution < 1.29 is 4.57 Å². The number of hydrogen-bond acceptors (Lipinski definition) is 3. The van der Waals surface area contributed by atoms with E-state index >= 15 is 0 Å². The van der Waals surface area contributed by atoms with E-state index in [0.717, 1.165) is 22.1 Å². The zero-order chi connectivity index (χ0) is 21.6. The summed E-state index contributed by atoms with van der Waals surface area (Å²) in [4.78, 5) is 16.6. The molecule has 0 amide bonds. The van der Waals surface area contributed by atoms with Gasteiger partial charge in [0.15, 0.2) is 0 Å². The van der Waals surface area contributed by atoms with Crippen LogP contribution in [0.3, 0.4) is 0 Å². The van der Waals surface area contributed by atoms with Crippen molar-refractivity contribution in [3.05, 3.63) is 60.7 Å². The van der Waals surface area contributed by atoms with E-state index in [4.69, 9.17) is 4.98 Å². The molecular formula is C25H31N4Sn+. The Morgan fingerprint density at radius 3 is 1.53 bits per heavy atom. The molecule has 1 heterocycles. The first-order valence-corrected chi connectivity index (χ1v) is 20.4. The Labute approximate surface area is 183 Å². The summed E-state index contributed by atoms with van der Waals surface area (Å²) in [7, 11) is 8.31. The van der Waals surface area contributed by atoms with Crippen LogP contribution in [0.15, 0.2) is 60.7 Å². The number of rotatable bonds is 4. The molecule has 4 nitrogen and oxygen atoms in total. The van der Waals surface area contributed by atoms with Gasteiger partial charge in [0.05, 0.1) is 0 Å². The Hall–Kier alpha value is -2.34. The van der Waals surface area contributed by atoms with Crippen molar-refractivity contribution in [3.63, 3.8) is 0 Å². The molecule has 0 atom stereocenters. The van der Waals surface area contributed by atoms with Gasteiger partial charge in [0.2, 0.25) is 0 Å². The van der Waals surface area contributed by atoms with Crippen molar-refractivity contribution in [2.24, 2.45) is 0 Å². The normalized spacial score (nSPS) is 11.8. The molecule has 1 aromatic heterocycles. The van der Waals surface area contributed by atoms with Crippen LogP contribution in [0.25, 0.3) is 27.8 Å². The second kappa shape index (κ2) is 7.73. The summed E-state index contributed by atoms with van der Waals surface area (Å²) in [5.74, 6) is 0. The van der Waals surface area contributed by atoms with Gasteiger partial charge in [-0.05, 0) is 0 Å². The summed E-state index contributed by atoms with van der Waals surface area (Å²) in [6.45, 7) is 0. The molecule has 0 fully saturated rings. The molecule has 0 saturated heterocycles. The van der Waals surface area contributed by atoms with Crippen LogP contribution in [-0.4, -0.2) is 51.6 Å². The minimum atomic E-state index is -2.10. The Kier molecular flexibility index (Phi) is 5.39. The minimum absolute atomic E-state index is 1.00. The summed E-state index contributed by atoms with van der Waals surface area (Å²) in [6.07, 6.45) is 0. The quantitative estimate of drug-likeness (QED) is 0.234. The van der Waals surface area contributed by atoms with E-state index in [1.165, 1.54) is 17.1 Å². The Balaban J connectivity index is 2.07. The van der Waals surface area contributed by atoms with Gasteiger partial charge in [-0.15, -0.1) is 0 Å². The van der Waals surface area contributed by atoms with E-state index in [-0.39, 0.29) is 0 Å². The average Bonchev–Trinajstić information content (AvgIpc) is 2.70. The first kappa shape index (κ1) is 20.9. The third kappa shape index (κ3) is 3.85. The average molecular weight is 506 g/mol. The number of benzene rings is 3. The molecule has 0 radical (unpaired) electrons. The van der Waals surface area contributed by atoms with Crippen LogP contribution in [0, 0.1) is 0 Å². The fraction of sp³-hybridized carbons (Fsp3) is 0.280. The van der Waals surface area contributed by atoms with Crippen molar-refractivity contribution in [2.75, 3.05) is 38.0 Å². The molecule has 4 aromatic rings. The van der Waals surface area contributed by atoms with Gasteiger partial charge in [0, 0.05) is 0 Å². The molecule has 0 aliphatic carbocycles. The molecule has 0 saturated carbocycles. The van der Waals surface area contributed by atoms with Crippen LogP contribution in [0.2, 0.25) is 14.8 Å². The first-order valence-electron chi connectivity index (χ1n) is 10.4. The van der Waals surface area contributed by atoms with E-state index in [2.05, 4.69) is 118 Å². The predicted octanol–water partition coefficient (Wildman–Crippen LogP) is 4.34. The van der Waals surface area contributed by atoms with Crippen molar-refractivity contribution in [2.45, 2.75) is 14.8 Å². The second-order valence-electron chi connectivity index (χ2n) is 9.38. The molecule has 0 aliphatic heterocycles. The fourth-order valence-corrected chi connectivity index (χ4v) is 7.11. The van der Waals surface area contributed by atoms with Gasteiger partial charge < -0.3 is 0 Å². The molecule has 154 valence electrons. The number of aromatic nitrogens is 2. The van der Waals surface area contributed by atoms with E-state index in [9.17, 15) is 0 Å². The monoisotopic (exact) mass is 507 g/mol. The van der Waals surface area contributed by atoms with Gasteiger partial charge in [-0.3, -0.25) is 0 Å². The third-order valence-electron chi connectivity index (χ3n) is 5.67. The predicted molar refractivity (Wildman–Crippen MR) is 132 cm³/mol. The van der Waals surface area contributed by atoms with Crippen LogP contribution < -0.4 is 17.9 Å². The van der Waals surface area contributed by atoms with Gasteiger partial charge in [-0.1, -0.05) is 0 Å². The van der Waals surface area contributed by atoms with Gasteiger partial charge in [0.25, 0.3) is 0 Å². The topological polar surface area (TPSA) is 23.3 Å². The Morgan fingerprint density at radius 1 is 0.667 bits per heavy atom. The molecule has 0 aliphatic rings. The number of fused-ring (bicyclic) bond motifs is 2. The van der Waals surface area contributed by atoms with Crippen molar-refractivity contribution in [1.82, 2.24) is 4.98 Å². The summed E-state index contributed by atoms with van der Waals surface area (Å²) in [5, 5.41) is 0. The maximum atomic E-state index is 4.97. The SMILES string of the molecule is CN(C)c1ccc2nc3ccc(N(C)C)cc3[n+](-c3cc[c]([Sn]([CH3])([CH3])[CH3])cc3)c2c1. The van der Waals surface area contributed by atoms with Gasteiger partial charge in [-0.25, -0.2) is 0 Å². The van der Waals surface area contributed by atoms with Crippen LogP contribution in [0.5, 0.6) is 0 Å². The van der Waals surface area contributed by atoms with Crippen molar-refractivity contribution in [1.29, 1.82) is 0 Å². The van der Waals surface area contributed by atoms with Gasteiger partial charge in [0.1, 0.15) is 0 Å². The van der Waals surface area contributed by atoms with Crippen LogP contribution in [0.4, 0.5) is 11.4 Å². The van der Waals surface area contributed by atoms with E-state index in [0.29, 0.717) is 0 Å². The van der Waals surface area contributed by atoms with Crippen LogP contribution in [-0.2, 0) is 0 Å². The molecule has 5 heteroatoms. The van der Waals surface area contributed by atoms with Crippen LogP contribution >= 0.6 is 0 Å². The van der Waals surface area contributed by atoms with E-state index in [1.807, 2.05) is 0 Å². The summed E-state index contributed by atoms with van der Waals surface area (Å²) < 4.78 is 3.90. The zero-order valence-electron chi connectivity index (χ0n) is 19.1. The molecule has 30 heavy (non-hydrogen) atoms. The summed E-state index contributed by atoms with van der Waals surface area (Å²) >= 11 is -2.10. The zero-order valence-corrected chi connectivity index (χ0v) is 21.9. The molecular weight excluding hydrogens is 475 g/mol. The molecule has 0 bridgehead atoms. The summed E-state index contributed by atoms with van der Waals surface area (Å²) in [5.41, 5.74) is 7.77. The van der Waals surface area contributed by atoms with Gasteiger partial charge >= 0.3 is 184 Å². The molecule has 0 N–H and O–H groups in total. The van der Waals surface area contributed by atoms with Crippen molar-refractivity contribution in [3.8, 4) is 5.69 Å². The number of hydrogen-bond donors (Lipinski definition) is 0.